The fourth-order valence-electron chi connectivity index (χ4n) is 5.85. The Morgan fingerprint density at radius 1 is 0.929 bits per heavy atom. The lowest BCUT2D eigenvalue weighted by Gasteiger charge is -2.39. The Labute approximate surface area is 249 Å². The summed E-state index contributed by atoms with van der Waals surface area (Å²) in [6.07, 6.45) is 2.09. The maximum atomic E-state index is 14.2. The summed E-state index contributed by atoms with van der Waals surface area (Å²) in [7, 11) is 1.68. The molecule has 42 heavy (non-hydrogen) atoms. The maximum absolute atomic E-state index is 14.2. The van der Waals surface area contributed by atoms with E-state index < -0.39 is 18.1 Å². The first-order valence-corrected chi connectivity index (χ1v) is 15.0. The summed E-state index contributed by atoms with van der Waals surface area (Å²) in [6, 6.07) is 16.8. The highest BCUT2D eigenvalue weighted by atomic mass is 16.2. The minimum absolute atomic E-state index is 0.0366. The molecule has 0 aliphatic carbocycles. The van der Waals surface area contributed by atoms with E-state index in [1.54, 1.807) is 23.8 Å². The highest BCUT2D eigenvalue weighted by Gasteiger charge is 2.46. The average Bonchev–Trinajstić information content (AvgIpc) is 3.39. The number of benzene rings is 2. The molecule has 2 aromatic carbocycles. The Balaban J connectivity index is 1.60. The summed E-state index contributed by atoms with van der Waals surface area (Å²) in [5, 5.41) is 9.01. The zero-order chi connectivity index (χ0) is 30.4. The maximum Gasteiger partial charge on any atom is 0.247 e. The van der Waals surface area contributed by atoms with Gasteiger partial charge in [0, 0.05) is 25.6 Å². The van der Waals surface area contributed by atoms with Gasteiger partial charge in [0.15, 0.2) is 0 Å². The van der Waals surface area contributed by atoms with Gasteiger partial charge in [0.2, 0.25) is 23.6 Å². The van der Waals surface area contributed by atoms with Crippen LogP contribution in [0.4, 0.5) is 0 Å². The van der Waals surface area contributed by atoms with Crippen molar-refractivity contribution in [1.29, 1.82) is 0 Å². The van der Waals surface area contributed by atoms with Gasteiger partial charge in [0.25, 0.3) is 0 Å². The first-order chi connectivity index (χ1) is 20.0. The Bertz CT molecular complexity index is 1210. The van der Waals surface area contributed by atoms with Crippen molar-refractivity contribution in [3.05, 3.63) is 71.8 Å². The first-order valence-electron chi connectivity index (χ1n) is 15.0. The molecule has 0 aromatic heterocycles. The lowest BCUT2D eigenvalue weighted by Crippen LogP contribution is -2.62. The molecule has 2 aliphatic rings. The van der Waals surface area contributed by atoms with E-state index in [4.69, 9.17) is 0 Å². The van der Waals surface area contributed by atoms with Crippen molar-refractivity contribution in [2.75, 3.05) is 20.1 Å². The van der Waals surface area contributed by atoms with Crippen molar-refractivity contribution in [2.24, 2.45) is 5.41 Å². The molecule has 226 valence electrons. The van der Waals surface area contributed by atoms with E-state index in [0.717, 1.165) is 11.1 Å². The van der Waals surface area contributed by atoms with E-state index in [9.17, 15) is 19.2 Å². The summed E-state index contributed by atoms with van der Waals surface area (Å²) in [6.45, 7) is 8.27. The van der Waals surface area contributed by atoms with Crippen LogP contribution in [0, 0.1) is 5.41 Å². The van der Waals surface area contributed by atoms with Crippen molar-refractivity contribution in [3.8, 4) is 0 Å². The highest BCUT2D eigenvalue weighted by molar-refractivity contribution is 5.94. The number of nitrogens with zero attached hydrogens (tertiary/aromatic N) is 2. The predicted molar refractivity (Wildman–Crippen MR) is 162 cm³/mol. The topological polar surface area (TPSA) is 111 Å². The van der Waals surface area contributed by atoms with E-state index >= 15 is 0 Å². The average molecular weight is 576 g/mol. The molecule has 1 unspecified atom stereocenters. The number of fused-ring (bicyclic) bond motifs is 1. The zero-order valence-electron chi connectivity index (χ0n) is 25.4. The third-order valence-electron chi connectivity index (χ3n) is 8.22. The predicted octanol–water partition coefficient (Wildman–Crippen LogP) is 3.01. The summed E-state index contributed by atoms with van der Waals surface area (Å²) >= 11 is 0. The van der Waals surface area contributed by atoms with E-state index in [1.165, 1.54) is 0 Å². The van der Waals surface area contributed by atoms with Gasteiger partial charge in [-0.25, -0.2) is 0 Å². The SMILES string of the molecule is CN[C@@H](C)C(=O)N[C@H]1CN(C(=O)CC(C)(C)C)CC[C@H]2CCC(C(=O)NC(c3ccccc3)c3ccccc3)N2C1=O. The van der Waals surface area contributed by atoms with Gasteiger partial charge in [-0.05, 0) is 49.8 Å². The molecule has 2 fully saturated rings. The molecular weight excluding hydrogens is 530 g/mol. The summed E-state index contributed by atoms with van der Waals surface area (Å²) in [4.78, 5) is 57.7. The Kier molecular flexibility index (Phi) is 10.0. The second-order valence-corrected chi connectivity index (χ2v) is 12.7. The molecule has 9 nitrogen and oxygen atoms in total. The van der Waals surface area contributed by atoms with E-state index in [2.05, 4.69) is 16.0 Å². The number of amides is 4. The molecule has 2 saturated heterocycles. The molecule has 9 heteroatoms. The number of rotatable bonds is 8. The highest BCUT2D eigenvalue weighted by Crippen LogP contribution is 2.31. The molecule has 4 rings (SSSR count). The zero-order valence-corrected chi connectivity index (χ0v) is 25.4. The van der Waals surface area contributed by atoms with Gasteiger partial charge in [-0.2, -0.15) is 0 Å². The van der Waals surface area contributed by atoms with E-state index in [-0.39, 0.29) is 47.7 Å². The van der Waals surface area contributed by atoms with Crippen molar-refractivity contribution in [3.63, 3.8) is 0 Å². The largest absolute Gasteiger partial charge is 0.343 e. The molecular formula is C33H45N5O4. The van der Waals surface area contributed by atoms with Gasteiger partial charge in [0.05, 0.1) is 12.1 Å². The van der Waals surface area contributed by atoms with Crippen LogP contribution in [0.1, 0.15) is 70.5 Å². The Morgan fingerprint density at radius 2 is 1.52 bits per heavy atom. The van der Waals surface area contributed by atoms with Crippen molar-refractivity contribution in [1.82, 2.24) is 25.8 Å². The monoisotopic (exact) mass is 575 g/mol. The third kappa shape index (κ3) is 7.56. The summed E-state index contributed by atoms with van der Waals surface area (Å²) in [5.74, 6) is -0.910. The first kappa shape index (κ1) is 31.2. The van der Waals surface area contributed by atoms with Crippen LogP contribution in [0.15, 0.2) is 60.7 Å². The lowest BCUT2D eigenvalue weighted by atomic mass is 9.91. The van der Waals surface area contributed by atoms with E-state index in [1.807, 2.05) is 81.4 Å². The normalized spacial score (nSPS) is 21.8. The lowest BCUT2D eigenvalue weighted by molar-refractivity contribution is -0.147. The number of carbonyl (C=O) groups is 4. The van der Waals surface area contributed by atoms with Gasteiger partial charge < -0.3 is 25.8 Å². The standard InChI is InChI=1S/C33H45N5O4/c1-22(34-5)30(40)35-26-21-37(28(39)20-33(2,3)4)19-18-25-16-17-27(38(25)32(26)42)31(41)36-29(23-12-8-6-9-13-23)24-14-10-7-11-15-24/h6-15,22,25-27,29,34H,16-21H2,1-5H3,(H,35,40)(H,36,41)/t22-,25+,26-,27?/m0/s1. The minimum atomic E-state index is -0.951. The fourth-order valence-corrected chi connectivity index (χ4v) is 5.85. The number of hydrogen-bond donors (Lipinski definition) is 3. The Morgan fingerprint density at radius 3 is 2.07 bits per heavy atom. The number of nitrogens with one attached hydrogen (secondary N) is 3. The molecule has 2 aromatic rings. The van der Waals surface area contributed by atoms with Crippen LogP contribution >= 0.6 is 0 Å². The van der Waals surface area contributed by atoms with Gasteiger partial charge in [0.1, 0.15) is 12.1 Å². The van der Waals surface area contributed by atoms with E-state index in [0.29, 0.717) is 32.2 Å². The van der Waals surface area contributed by atoms with Crippen molar-refractivity contribution >= 4 is 23.6 Å². The molecule has 4 amide bonds. The van der Waals surface area contributed by atoms with Crippen LogP contribution in [-0.2, 0) is 19.2 Å². The third-order valence-corrected chi connectivity index (χ3v) is 8.22. The summed E-state index contributed by atoms with van der Waals surface area (Å²) in [5.41, 5.74) is 1.69. The quantitative estimate of drug-likeness (QED) is 0.448. The smallest absolute Gasteiger partial charge is 0.247 e. The van der Waals surface area contributed by atoms with Gasteiger partial charge >= 0.3 is 0 Å². The second-order valence-electron chi connectivity index (χ2n) is 12.7. The van der Waals surface area contributed by atoms with Crippen LogP contribution in [0.5, 0.6) is 0 Å². The molecule has 3 N–H and O–H groups in total. The van der Waals surface area contributed by atoms with Gasteiger partial charge in [-0.1, -0.05) is 81.4 Å². The minimum Gasteiger partial charge on any atom is -0.343 e. The Hall–Kier alpha value is -3.72. The number of likely N-dealkylation sites (N-methyl/N-ethyl adjacent to an activating group) is 1. The van der Waals surface area contributed by atoms with Crippen LogP contribution in [-0.4, -0.2) is 77.7 Å². The fraction of sp³-hybridized carbons (Fsp3) is 0.515. The van der Waals surface area contributed by atoms with Crippen LogP contribution in [0.25, 0.3) is 0 Å². The van der Waals surface area contributed by atoms with Crippen LogP contribution in [0.2, 0.25) is 0 Å². The molecule has 2 aliphatic heterocycles. The molecule has 0 spiro atoms. The number of carbonyl (C=O) groups excluding carboxylic acids is 4. The molecule has 4 atom stereocenters. The molecule has 2 heterocycles. The van der Waals surface area contributed by atoms with Crippen molar-refractivity contribution in [2.45, 2.75) is 83.6 Å². The molecule has 0 saturated carbocycles. The molecule has 0 bridgehead atoms. The summed E-state index contributed by atoms with van der Waals surface area (Å²) < 4.78 is 0. The van der Waals surface area contributed by atoms with Gasteiger partial charge in [-0.15, -0.1) is 0 Å². The van der Waals surface area contributed by atoms with Crippen molar-refractivity contribution < 1.29 is 19.2 Å². The second kappa shape index (κ2) is 13.5. The number of hydrogen-bond acceptors (Lipinski definition) is 5. The van der Waals surface area contributed by atoms with Crippen LogP contribution in [0.3, 0.4) is 0 Å². The van der Waals surface area contributed by atoms with Gasteiger partial charge in [-0.3, -0.25) is 19.2 Å². The van der Waals surface area contributed by atoms with Crippen LogP contribution < -0.4 is 16.0 Å². The molecule has 0 radical (unpaired) electrons.